The molecule has 3 nitrogen and oxygen atoms in total. The van der Waals surface area contributed by atoms with Crippen molar-refractivity contribution >= 4 is 0 Å². The average Bonchev–Trinajstić information content (AvgIpc) is 2.30. The highest BCUT2D eigenvalue weighted by atomic mass is 16.5. The maximum atomic E-state index is 6.20. The van der Waals surface area contributed by atoms with E-state index in [1.807, 2.05) is 12.1 Å². The van der Waals surface area contributed by atoms with Crippen molar-refractivity contribution in [3.05, 3.63) is 29.8 Å². The third-order valence-corrected chi connectivity index (χ3v) is 3.41. The van der Waals surface area contributed by atoms with E-state index in [9.17, 15) is 0 Å². The molecule has 0 amide bonds. The number of morpholine rings is 1. The van der Waals surface area contributed by atoms with Crippen LogP contribution in [0.3, 0.4) is 0 Å². The van der Waals surface area contributed by atoms with Crippen LogP contribution >= 0.6 is 0 Å². The second-order valence-electron chi connectivity index (χ2n) is 4.65. The summed E-state index contributed by atoms with van der Waals surface area (Å²) in [4.78, 5) is 0. The lowest BCUT2D eigenvalue weighted by atomic mass is 9.86. The maximum Gasteiger partial charge on any atom is 0.125 e. The Labute approximate surface area is 95.8 Å². The van der Waals surface area contributed by atoms with E-state index in [2.05, 4.69) is 24.4 Å². The van der Waals surface area contributed by atoms with Crippen LogP contribution in [0.1, 0.15) is 18.9 Å². The summed E-state index contributed by atoms with van der Waals surface area (Å²) >= 11 is 0. The van der Waals surface area contributed by atoms with Crippen LogP contribution < -0.4 is 10.1 Å². The maximum absolute atomic E-state index is 6.20. The molecule has 2 atom stereocenters. The molecule has 0 saturated carbocycles. The molecular weight excluding hydrogens is 202 g/mol. The number of para-hydroxylation sites is 1. The van der Waals surface area contributed by atoms with E-state index >= 15 is 0 Å². The summed E-state index contributed by atoms with van der Waals surface area (Å²) in [5.74, 6) is 0.977. The molecule has 1 fully saturated rings. The second kappa shape index (κ2) is 3.75. The molecule has 0 aliphatic carbocycles. The molecule has 2 unspecified atom stereocenters. The molecule has 0 bridgehead atoms. The summed E-state index contributed by atoms with van der Waals surface area (Å²) in [5.41, 5.74) is 1.02. The van der Waals surface area contributed by atoms with E-state index in [0.717, 1.165) is 31.9 Å². The highest BCUT2D eigenvalue weighted by Gasteiger charge is 2.41. The van der Waals surface area contributed by atoms with Gasteiger partial charge in [0.1, 0.15) is 11.4 Å². The third kappa shape index (κ3) is 1.51. The van der Waals surface area contributed by atoms with Gasteiger partial charge in [0.2, 0.25) is 0 Å². The van der Waals surface area contributed by atoms with Crippen LogP contribution in [0, 0.1) is 0 Å². The Kier molecular flexibility index (Phi) is 2.37. The SMILES string of the molecule is CC1CNCC2(CCOc3ccccc32)O1. The van der Waals surface area contributed by atoms with Crippen molar-refractivity contribution in [1.82, 2.24) is 5.32 Å². The summed E-state index contributed by atoms with van der Waals surface area (Å²) in [5, 5.41) is 3.46. The summed E-state index contributed by atoms with van der Waals surface area (Å²) in [7, 11) is 0. The molecule has 1 aromatic rings. The minimum absolute atomic E-state index is 0.174. The normalized spacial score (nSPS) is 33.2. The largest absolute Gasteiger partial charge is 0.493 e. The molecule has 16 heavy (non-hydrogen) atoms. The zero-order chi connectivity index (χ0) is 11.0. The molecule has 2 aliphatic heterocycles. The zero-order valence-corrected chi connectivity index (χ0v) is 9.53. The summed E-state index contributed by atoms with van der Waals surface area (Å²) in [6.07, 6.45) is 1.20. The van der Waals surface area contributed by atoms with Gasteiger partial charge in [-0.25, -0.2) is 0 Å². The van der Waals surface area contributed by atoms with Crippen LogP contribution in [0.2, 0.25) is 0 Å². The van der Waals surface area contributed by atoms with Gasteiger partial charge >= 0.3 is 0 Å². The van der Waals surface area contributed by atoms with Crippen molar-refractivity contribution in [2.75, 3.05) is 19.7 Å². The van der Waals surface area contributed by atoms with E-state index in [1.165, 1.54) is 5.56 Å². The first kappa shape index (κ1) is 10.1. The summed E-state index contributed by atoms with van der Waals surface area (Å²) < 4.78 is 11.9. The molecule has 3 rings (SSSR count). The smallest absolute Gasteiger partial charge is 0.125 e. The summed E-state index contributed by atoms with van der Waals surface area (Å²) in [6, 6.07) is 8.21. The Hall–Kier alpha value is -1.06. The minimum atomic E-state index is -0.174. The van der Waals surface area contributed by atoms with Gasteiger partial charge in [-0.15, -0.1) is 0 Å². The number of benzene rings is 1. The minimum Gasteiger partial charge on any atom is -0.493 e. The van der Waals surface area contributed by atoms with Crippen molar-refractivity contribution in [3.8, 4) is 5.75 Å². The predicted molar refractivity (Wildman–Crippen MR) is 61.6 cm³/mol. The highest BCUT2D eigenvalue weighted by Crippen LogP contribution is 2.41. The van der Waals surface area contributed by atoms with Gasteiger partial charge in [0.15, 0.2) is 0 Å². The third-order valence-electron chi connectivity index (χ3n) is 3.41. The van der Waals surface area contributed by atoms with Crippen molar-refractivity contribution in [2.24, 2.45) is 0 Å². The molecule has 0 radical (unpaired) electrons. The first-order valence-corrected chi connectivity index (χ1v) is 5.91. The predicted octanol–water partition coefficient (Wildman–Crippen LogP) is 1.67. The van der Waals surface area contributed by atoms with Crippen molar-refractivity contribution in [3.63, 3.8) is 0 Å². The molecule has 86 valence electrons. The fraction of sp³-hybridized carbons (Fsp3) is 0.538. The first-order chi connectivity index (χ1) is 7.80. The summed E-state index contributed by atoms with van der Waals surface area (Å²) in [6.45, 7) is 4.68. The first-order valence-electron chi connectivity index (χ1n) is 5.91. The van der Waals surface area contributed by atoms with Crippen molar-refractivity contribution in [2.45, 2.75) is 25.0 Å². The standard InChI is InChI=1S/C13H17NO2/c1-10-8-14-9-13(16-10)6-7-15-12-5-3-2-4-11(12)13/h2-5,10,14H,6-9H2,1H3. The van der Waals surface area contributed by atoms with E-state index in [1.54, 1.807) is 0 Å². The van der Waals surface area contributed by atoms with Gasteiger partial charge in [-0.1, -0.05) is 18.2 Å². The number of fused-ring (bicyclic) bond motifs is 2. The molecule has 2 heterocycles. The van der Waals surface area contributed by atoms with Crippen LogP contribution in [0.25, 0.3) is 0 Å². The molecule has 2 aliphatic rings. The van der Waals surface area contributed by atoms with Crippen LogP contribution in [-0.2, 0) is 10.3 Å². The Morgan fingerprint density at radius 2 is 2.25 bits per heavy atom. The number of ether oxygens (including phenoxy) is 2. The quantitative estimate of drug-likeness (QED) is 0.720. The van der Waals surface area contributed by atoms with Crippen molar-refractivity contribution < 1.29 is 9.47 Å². The van der Waals surface area contributed by atoms with Crippen molar-refractivity contribution in [1.29, 1.82) is 0 Å². The molecule has 0 aromatic heterocycles. The van der Waals surface area contributed by atoms with Crippen LogP contribution in [0.4, 0.5) is 0 Å². The fourth-order valence-corrected chi connectivity index (χ4v) is 2.68. The second-order valence-corrected chi connectivity index (χ2v) is 4.65. The van der Waals surface area contributed by atoms with E-state index in [0.29, 0.717) is 0 Å². The molecular formula is C13H17NO2. The lowest BCUT2D eigenvalue weighted by molar-refractivity contribution is -0.131. The molecule has 1 spiro atoms. The number of hydrogen-bond acceptors (Lipinski definition) is 3. The zero-order valence-electron chi connectivity index (χ0n) is 9.53. The lowest BCUT2D eigenvalue weighted by Gasteiger charge is -2.44. The number of rotatable bonds is 0. The van der Waals surface area contributed by atoms with Gasteiger partial charge < -0.3 is 14.8 Å². The molecule has 1 saturated heterocycles. The monoisotopic (exact) mass is 219 g/mol. The number of hydrogen-bond donors (Lipinski definition) is 1. The van der Waals surface area contributed by atoms with Gasteiger partial charge in [0, 0.05) is 25.1 Å². The van der Waals surface area contributed by atoms with Crippen LogP contribution in [-0.4, -0.2) is 25.8 Å². The van der Waals surface area contributed by atoms with Crippen LogP contribution in [0.15, 0.2) is 24.3 Å². The van der Waals surface area contributed by atoms with Gasteiger partial charge in [-0.2, -0.15) is 0 Å². The van der Waals surface area contributed by atoms with Gasteiger partial charge in [0.25, 0.3) is 0 Å². The molecule has 3 heteroatoms. The lowest BCUT2D eigenvalue weighted by Crippen LogP contribution is -2.53. The number of nitrogens with one attached hydrogen (secondary N) is 1. The van der Waals surface area contributed by atoms with Crippen LogP contribution in [0.5, 0.6) is 5.75 Å². The topological polar surface area (TPSA) is 30.5 Å². The highest BCUT2D eigenvalue weighted by molar-refractivity contribution is 5.40. The van der Waals surface area contributed by atoms with E-state index in [4.69, 9.17) is 9.47 Å². The average molecular weight is 219 g/mol. The Morgan fingerprint density at radius 1 is 1.38 bits per heavy atom. The molecule has 1 N–H and O–H groups in total. The molecule has 1 aromatic carbocycles. The van der Waals surface area contributed by atoms with E-state index < -0.39 is 0 Å². The van der Waals surface area contributed by atoms with Gasteiger partial charge in [-0.3, -0.25) is 0 Å². The van der Waals surface area contributed by atoms with Gasteiger partial charge in [-0.05, 0) is 13.0 Å². The Morgan fingerprint density at radius 3 is 3.12 bits per heavy atom. The Bertz CT molecular complexity index is 393. The fourth-order valence-electron chi connectivity index (χ4n) is 2.68. The Balaban J connectivity index is 2.02. The van der Waals surface area contributed by atoms with E-state index in [-0.39, 0.29) is 11.7 Å². The van der Waals surface area contributed by atoms with Gasteiger partial charge in [0.05, 0.1) is 12.7 Å².